The lowest BCUT2D eigenvalue weighted by molar-refractivity contribution is -0.115. The lowest BCUT2D eigenvalue weighted by atomic mass is 10.1. The van der Waals surface area contributed by atoms with Gasteiger partial charge in [0.1, 0.15) is 11.6 Å². The number of rotatable bonds is 6. The molecule has 0 fully saturated rings. The van der Waals surface area contributed by atoms with Gasteiger partial charge in [-0.3, -0.25) is 9.59 Å². The molecule has 0 bridgehead atoms. The van der Waals surface area contributed by atoms with E-state index in [0.29, 0.717) is 12.6 Å². The van der Waals surface area contributed by atoms with E-state index >= 15 is 0 Å². The lowest BCUT2D eigenvalue weighted by Gasteiger charge is -2.09. The van der Waals surface area contributed by atoms with E-state index in [9.17, 15) is 18.4 Å². The van der Waals surface area contributed by atoms with Crippen LogP contribution < -0.4 is 16.4 Å². The van der Waals surface area contributed by atoms with E-state index in [1.807, 2.05) is 6.92 Å². The van der Waals surface area contributed by atoms with Crippen LogP contribution in [0.2, 0.25) is 0 Å². The van der Waals surface area contributed by atoms with Gasteiger partial charge in [0.15, 0.2) is 0 Å². The summed E-state index contributed by atoms with van der Waals surface area (Å²) in [5.74, 6) is -3.55. The van der Waals surface area contributed by atoms with E-state index in [1.165, 1.54) is 0 Å². The van der Waals surface area contributed by atoms with Gasteiger partial charge in [0.25, 0.3) is 5.91 Å². The fraction of sp³-hybridized carbons (Fsp3) is 0.333. The van der Waals surface area contributed by atoms with Gasteiger partial charge in [0.2, 0.25) is 5.91 Å². The molecule has 2 amide bonds. The van der Waals surface area contributed by atoms with Crippen LogP contribution in [-0.2, 0) is 4.79 Å². The fourth-order valence-electron chi connectivity index (χ4n) is 1.41. The Morgan fingerprint density at radius 1 is 1.26 bits per heavy atom. The summed E-state index contributed by atoms with van der Waals surface area (Å²) in [5, 5.41) is 5.06. The maximum absolute atomic E-state index is 13.4. The van der Waals surface area contributed by atoms with Gasteiger partial charge in [0, 0.05) is 6.07 Å². The second-order valence-electron chi connectivity index (χ2n) is 3.90. The highest BCUT2D eigenvalue weighted by Crippen LogP contribution is 2.19. The van der Waals surface area contributed by atoms with Crippen LogP contribution in [0.25, 0.3) is 0 Å². The molecule has 104 valence electrons. The summed E-state index contributed by atoms with van der Waals surface area (Å²) < 4.78 is 26.6. The summed E-state index contributed by atoms with van der Waals surface area (Å²) in [6, 6.07) is 1.39. The molecule has 5 nitrogen and oxygen atoms in total. The molecule has 0 atom stereocenters. The fourth-order valence-corrected chi connectivity index (χ4v) is 1.41. The number of hydrogen-bond donors (Lipinski definition) is 3. The van der Waals surface area contributed by atoms with Gasteiger partial charge in [-0.25, -0.2) is 8.78 Å². The lowest BCUT2D eigenvalue weighted by Crippen LogP contribution is -2.29. The first-order valence-corrected chi connectivity index (χ1v) is 5.75. The Morgan fingerprint density at radius 2 is 1.95 bits per heavy atom. The normalized spacial score (nSPS) is 10.3. The molecule has 0 saturated heterocycles. The topological polar surface area (TPSA) is 84.2 Å². The molecule has 0 heterocycles. The van der Waals surface area contributed by atoms with E-state index in [1.54, 1.807) is 0 Å². The zero-order valence-corrected chi connectivity index (χ0v) is 10.4. The van der Waals surface area contributed by atoms with E-state index < -0.39 is 29.0 Å². The summed E-state index contributed by atoms with van der Waals surface area (Å²) in [6.45, 7) is 2.58. The van der Waals surface area contributed by atoms with Crippen molar-refractivity contribution in [1.82, 2.24) is 5.32 Å². The Morgan fingerprint density at radius 3 is 2.53 bits per heavy atom. The Bertz CT molecular complexity index is 492. The summed E-state index contributed by atoms with van der Waals surface area (Å²) in [6.07, 6.45) is 0.851. The standard InChI is InChI=1S/C12H15F2N3O2/c1-2-3-16-6-11(18)17-10-4-7(12(15)19)8(13)5-9(10)14/h4-5,16H,2-3,6H2,1H3,(H2,15,19)(H,17,18). The Balaban J connectivity index is 2.80. The molecule has 7 heteroatoms. The summed E-state index contributed by atoms with van der Waals surface area (Å²) >= 11 is 0. The minimum atomic E-state index is -1.06. The van der Waals surface area contributed by atoms with Crippen molar-refractivity contribution in [1.29, 1.82) is 0 Å². The monoisotopic (exact) mass is 271 g/mol. The average molecular weight is 271 g/mol. The molecule has 0 spiro atoms. The highest BCUT2D eigenvalue weighted by Gasteiger charge is 2.15. The highest BCUT2D eigenvalue weighted by atomic mass is 19.1. The first kappa shape index (κ1) is 15.0. The Labute approximate surface area is 109 Å². The van der Waals surface area contributed by atoms with Crippen LogP contribution in [-0.4, -0.2) is 24.9 Å². The van der Waals surface area contributed by atoms with Crippen molar-refractivity contribution in [2.24, 2.45) is 5.73 Å². The number of nitrogens with two attached hydrogens (primary N) is 1. The van der Waals surface area contributed by atoms with Crippen molar-refractivity contribution < 1.29 is 18.4 Å². The maximum atomic E-state index is 13.4. The molecule has 0 aliphatic rings. The number of amides is 2. The van der Waals surface area contributed by atoms with E-state index in [4.69, 9.17) is 5.73 Å². The number of hydrogen-bond acceptors (Lipinski definition) is 3. The van der Waals surface area contributed by atoms with Gasteiger partial charge in [0.05, 0.1) is 17.8 Å². The van der Waals surface area contributed by atoms with E-state index in [-0.39, 0.29) is 12.2 Å². The van der Waals surface area contributed by atoms with Gasteiger partial charge in [-0.2, -0.15) is 0 Å². The molecule has 1 aromatic carbocycles. The molecule has 4 N–H and O–H groups in total. The number of carbonyl (C=O) groups excluding carboxylic acids is 2. The van der Waals surface area contributed by atoms with Crippen LogP contribution in [0.1, 0.15) is 23.7 Å². The third kappa shape index (κ3) is 4.29. The average Bonchev–Trinajstić information content (AvgIpc) is 2.32. The van der Waals surface area contributed by atoms with Crippen LogP contribution in [0.15, 0.2) is 12.1 Å². The van der Waals surface area contributed by atoms with Crippen molar-refractivity contribution in [2.45, 2.75) is 13.3 Å². The van der Waals surface area contributed by atoms with Crippen LogP contribution >= 0.6 is 0 Å². The molecule has 0 saturated carbocycles. The molecule has 1 aromatic rings. The molecule has 1 rings (SSSR count). The quantitative estimate of drug-likeness (QED) is 0.675. The molecule has 0 unspecified atom stereocenters. The van der Waals surface area contributed by atoms with Crippen molar-refractivity contribution in [3.63, 3.8) is 0 Å². The first-order valence-electron chi connectivity index (χ1n) is 5.75. The van der Waals surface area contributed by atoms with Crippen LogP contribution in [0, 0.1) is 11.6 Å². The Hall–Kier alpha value is -2.02. The molecular weight excluding hydrogens is 256 g/mol. The number of carbonyl (C=O) groups is 2. The van der Waals surface area contributed by atoms with Gasteiger partial charge >= 0.3 is 0 Å². The second-order valence-corrected chi connectivity index (χ2v) is 3.90. The minimum Gasteiger partial charge on any atom is -0.366 e. The largest absolute Gasteiger partial charge is 0.366 e. The third-order valence-electron chi connectivity index (χ3n) is 2.31. The molecule has 0 aliphatic heterocycles. The predicted molar refractivity (Wildman–Crippen MR) is 66.7 cm³/mol. The predicted octanol–water partition coefficient (Wildman–Crippen LogP) is 1.00. The molecule has 0 aliphatic carbocycles. The summed E-state index contributed by atoms with van der Waals surface area (Å²) in [5.41, 5.74) is 4.18. The Kier molecular flexibility index (Phi) is 5.37. The van der Waals surface area contributed by atoms with Crippen molar-refractivity contribution in [3.8, 4) is 0 Å². The van der Waals surface area contributed by atoms with Crippen molar-refractivity contribution in [3.05, 3.63) is 29.3 Å². The van der Waals surface area contributed by atoms with Crippen molar-refractivity contribution in [2.75, 3.05) is 18.4 Å². The van der Waals surface area contributed by atoms with Crippen LogP contribution in [0.4, 0.5) is 14.5 Å². The SMILES string of the molecule is CCCNCC(=O)Nc1cc(C(N)=O)c(F)cc1F. The zero-order valence-electron chi connectivity index (χ0n) is 10.4. The molecule has 0 radical (unpaired) electrons. The molecule has 19 heavy (non-hydrogen) atoms. The maximum Gasteiger partial charge on any atom is 0.251 e. The minimum absolute atomic E-state index is 0.00341. The first-order chi connectivity index (χ1) is 8.95. The van der Waals surface area contributed by atoms with Crippen LogP contribution in [0.5, 0.6) is 0 Å². The van der Waals surface area contributed by atoms with Gasteiger partial charge in [-0.1, -0.05) is 6.92 Å². The van der Waals surface area contributed by atoms with Gasteiger partial charge in [-0.15, -0.1) is 0 Å². The smallest absolute Gasteiger partial charge is 0.251 e. The van der Waals surface area contributed by atoms with Crippen LogP contribution in [0.3, 0.4) is 0 Å². The van der Waals surface area contributed by atoms with E-state index in [2.05, 4.69) is 10.6 Å². The molecular formula is C12H15F2N3O2. The number of nitrogens with one attached hydrogen (secondary N) is 2. The summed E-state index contributed by atoms with van der Waals surface area (Å²) in [7, 11) is 0. The summed E-state index contributed by atoms with van der Waals surface area (Å²) in [4.78, 5) is 22.4. The highest BCUT2D eigenvalue weighted by molar-refractivity contribution is 5.97. The third-order valence-corrected chi connectivity index (χ3v) is 2.31. The van der Waals surface area contributed by atoms with Gasteiger partial charge in [-0.05, 0) is 19.0 Å². The number of halogens is 2. The number of anilines is 1. The second kappa shape index (κ2) is 6.79. The van der Waals surface area contributed by atoms with Gasteiger partial charge < -0.3 is 16.4 Å². The van der Waals surface area contributed by atoms with E-state index in [0.717, 1.165) is 12.5 Å². The van der Waals surface area contributed by atoms with Crippen molar-refractivity contribution >= 4 is 17.5 Å². The zero-order chi connectivity index (χ0) is 14.4. The molecule has 0 aromatic heterocycles. The number of benzene rings is 1. The number of primary amides is 1.